The number of hydrogen-bond acceptors (Lipinski definition) is 3. The van der Waals surface area contributed by atoms with Crippen LogP contribution in [-0.2, 0) is 21.6 Å². The number of carboxylic acid groups (broad SMARTS) is 1. The van der Waals surface area contributed by atoms with Gasteiger partial charge in [0.25, 0.3) is 0 Å². The van der Waals surface area contributed by atoms with Crippen molar-refractivity contribution < 1.29 is 23.8 Å². The molecule has 0 saturated heterocycles. The van der Waals surface area contributed by atoms with Crippen molar-refractivity contribution in [2.75, 3.05) is 6.61 Å². The maximum Gasteiger partial charge on any atom is 0.306 e. The van der Waals surface area contributed by atoms with Crippen molar-refractivity contribution in [2.45, 2.75) is 31.8 Å². The molecule has 24 heavy (non-hydrogen) atoms. The number of fused-ring (bicyclic) bond motifs is 3. The number of ketones is 1. The van der Waals surface area contributed by atoms with Crippen LogP contribution < -0.4 is 0 Å². The summed E-state index contributed by atoms with van der Waals surface area (Å²) in [6, 6.07) is 2.87. The zero-order valence-electron chi connectivity index (χ0n) is 13.3. The number of benzene rings is 1. The fourth-order valence-electron chi connectivity index (χ4n) is 3.41. The summed E-state index contributed by atoms with van der Waals surface area (Å²) in [5.74, 6) is -1.65. The number of aliphatic carboxylic acids is 1. The Bertz CT molecular complexity index is 854. The highest BCUT2D eigenvalue weighted by Crippen LogP contribution is 2.42. The van der Waals surface area contributed by atoms with Crippen molar-refractivity contribution in [3.8, 4) is 0 Å². The molecule has 5 nitrogen and oxygen atoms in total. The van der Waals surface area contributed by atoms with E-state index in [0.29, 0.717) is 40.6 Å². The molecule has 1 aromatic heterocycles. The second-order valence-electron chi connectivity index (χ2n) is 5.95. The average Bonchev–Trinajstić information content (AvgIpc) is 2.94. The number of hydrogen-bond donors (Lipinski definition) is 2. The zero-order chi connectivity index (χ0) is 17.5. The molecule has 2 heterocycles. The van der Waals surface area contributed by atoms with Crippen LogP contribution in [-0.4, -0.2) is 28.4 Å². The van der Waals surface area contributed by atoms with Gasteiger partial charge in [0.1, 0.15) is 18.0 Å². The number of H-pyrrole nitrogens is 1. The summed E-state index contributed by atoms with van der Waals surface area (Å²) in [5, 5.41) is 9.86. The monoisotopic (exact) mass is 331 g/mol. The molecule has 0 radical (unpaired) electrons. The number of halogens is 1. The van der Waals surface area contributed by atoms with E-state index in [1.165, 1.54) is 6.07 Å². The lowest BCUT2D eigenvalue weighted by molar-refractivity contribution is -0.147. The van der Waals surface area contributed by atoms with Gasteiger partial charge < -0.3 is 14.8 Å². The van der Waals surface area contributed by atoms with E-state index in [4.69, 9.17) is 4.74 Å². The van der Waals surface area contributed by atoms with Crippen LogP contribution >= 0.6 is 0 Å². The second-order valence-corrected chi connectivity index (χ2v) is 5.95. The quantitative estimate of drug-likeness (QED) is 0.824. The van der Waals surface area contributed by atoms with Crippen molar-refractivity contribution in [3.05, 3.63) is 47.4 Å². The first kappa shape index (κ1) is 16.4. The third kappa shape index (κ3) is 2.34. The molecule has 0 saturated carbocycles. The molecule has 0 amide bonds. The third-order valence-electron chi connectivity index (χ3n) is 4.60. The van der Waals surface area contributed by atoms with Gasteiger partial charge in [-0.15, -0.1) is 6.58 Å². The molecule has 1 aliphatic heterocycles. The summed E-state index contributed by atoms with van der Waals surface area (Å²) in [7, 11) is 0. The van der Waals surface area contributed by atoms with E-state index in [1.54, 1.807) is 19.1 Å². The van der Waals surface area contributed by atoms with Crippen LogP contribution in [0.2, 0.25) is 0 Å². The van der Waals surface area contributed by atoms with E-state index in [-0.39, 0.29) is 18.8 Å². The van der Waals surface area contributed by atoms with E-state index in [9.17, 15) is 19.1 Å². The number of allylic oxidation sites excluding steroid dienone is 1. The van der Waals surface area contributed by atoms with Gasteiger partial charge in [-0.05, 0) is 25.0 Å². The van der Waals surface area contributed by atoms with Crippen LogP contribution in [0.5, 0.6) is 0 Å². The van der Waals surface area contributed by atoms with Crippen LogP contribution in [0.4, 0.5) is 4.39 Å². The molecule has 1 aromatic carbocycles. The maximum atomic E-state index is 14.2. The molecule has 2 aromatic rings. The summed E-state index contributed by atoms with van der Waals surface area (Å²) in [4.78, 5) is 26.8. The van der Waals surface area contributed by atoms with E-state index in [1.807, 2.05) is 0 Å². The standard InChI is InChI=1S/C18H18FNO4/c1-3-5-10-12(19)7-6-11-15-13(21)9-24-18(4-2,8-14(22)23)17(15)20-16(10)11/h3,6-7,20H,1,4-5,8-9H2,2H3,(H,22,23). The Kier molecular flexibility index (Phi) is 4.01. The van der Waals surface area contributed by atoms with Gasteiger partial charge in [0, 0.05) is 10.9 Å². The van der Waals surface area contributed by atoms with Crippen LogP contribution in [0.25, 0.3) is 10.9 Å². The Balaban J connectivity index is 2.33. The molecule has 1 atom stereocenters. The number of aromatic amines is 1. The fraction of sp³-hybridized carbons (Fsp3) is 0.333. The molecule has 0 aliphatic carbocycles. The number of carbonyl (C=O) groups is 2. The number of rotatable bonds is 5. The predicted molar refractivity (Wildman–Crippen MR) is 86.7 cm³/mol. The molecule has 0 spiro atoms. The number of nitrogens with one attached hydrogen (secondary N) is 1. The first-order valence-corrected chi connectivity index (χ1v) is 7.77. The van der Waals surface area contributed by atoms with Gasteiger partial charge in [-0.25, -0.2) is 4.39 Å². The summed E-state index contributed by atoms with van der Waals surface area (Å²) < 4.78 is 19.8. The lowest BCUT2D eigenvalue weighted by Crippen LogP contribution is -2.39. The summed E-state index contributed by atoms with van der Waals surface area (Å²) in [5.41, 5.74) is 0.627. The van der Waals surface area contributed by atoms with Crippen molar-refractivity contribution in [3.63, 3.8) is 0 Å². The molecule has 3 rings (SSSR count). The molecule has 1 aliphatic rings. The van der Waals surface area contributed by atoms with Gasteiger partial charge in [-0.2, -0.15) is 0 Å². The molecular weight excluding hydrogens is 313 g/mol. The van der Waals surface area contributed by atoms with Crippen molar-refractivity contribution in [1.29, 1.82) is 0 Å². The van der Waals surface area contributed by atoms with Crippen LogP contribution in [0.1, 0.15) is 41.4 Å². The second kappa shape index (κ2) is 5.87. The Morgan fingerprint density at radius 1 is 1.54 bits per heavy atom. The lowest BCUT2D eigenvalue weighted by Gasteiger charge is -2.34. The molecular formula is C18H18FNO4. The van der Waals surface area contributed by atoms with Crippen LogP contribution in [0, 0.1) is 5.82 Å². The minimum Gasteiger partial charge on any atom is -0.481 e. The normalized spacial score (nSPS) is 20.2. The van der Waals surface area contributed by atoms with Gasteiger partial charge in [0.2, 0.25) is 0 Å². The number of ether oxygens (including phenoxy) is 1. The first-order chi connectivity index (χ1) is 11.4. The highest BCUT2D eigenvalue weighted by atomic mass is 19.1. The Hall–Kier alpha value is -2.47. The number of carbonyl (C=O) groups excluding carboxylic acids is 1. The fourth-order valence-corrected chi connectivity index (χ4v) is 3.41. The van der Waals surface area contributed by atoms with Crippen molar-refractivity contribution >= 4 is 22.7 Å². The minimum absolute atomic E-state index is 0.185. The number of carboxylic acids is 1. The molecule has 0 bridgehead atoms. The Morgan fingerprint density at radius 3 is 2.92 bits per heavy atom. The van der Waals surface area contributed by atoms with E-state index < -0.39 is 17.4 Å². The Labute approximate surface area is 138 Å². The highest BCUT2D eigenvalue weighted by Gasteiger charge is 2.44. The zero-order valence-corrected chi connectivity index (χ0v) is 13.3. The summed E-state index contributed by atoms with van der Waals surface area (Å²) >= 11 is 0. The number of Topliss-reactive ketones (excluding diaryl/α,β-unsaturated/α-hetero) is 1. The van der Waals surface area contributed by atoms with Gasteiger partial charge in [-0.1, -0.05) is 13.0 Å². The lowest BCUT2D eigenvalue weighted by atomic mass is 9.86. The van der Waals surface area contributed by atoms with E-state index >= 15 is 0 Å². The molecule has 6 heteroatoms. The average molecular weight is 331 g/mol. The molecule has 0 fully saturated rings. The molecule has 1 unspecified atom stereocenters. The summed E-state index contributed by atoms with van der Waals surface area (Å²) in [6.45, 7) is 5.25. The first-order valence-electron chi connectivity index (χ1n) is 7.77. The summed E-state index contributed by atoms with van der Waals surface area (Å²) in [6.07, 6.45) is 2.00. The third-order valence-corrected chi connectivity index (χ3v) is 4.60. The van der Waals surface area contributed by atoms with Gasteiger partial charge >= 0.3 is 5.97 Å². The van der Waals surface area contributed by atoms with Gasteiger partial charge in [-0.3, -0.25) is 9.59 Å². The highest BCUT2D eigenvalue weighted by molar-refractivity contribution is 6.11. The van der Waals surface area contributed by atoms with Crippen LogP contribution in [0.3, 0.4) is 0 Å². The number of aromatic nitrogens is 1. The Morgan fingerprint density at radius 2 is 2.29 bits per heavy atom. The van der Waals surface area contributed by atoms with Gasteiger partial charge in [0.05, 0.1) is 23.2 Å². The predicted octanol–water partition coefficient (Wildman–Crippen LogP) is 3.33. The van der Waals surface area contributed by atoms with E-state index in [2.05, 4.69) is 11.6 Å². The molecule has 2 N–H and O–H groups in total. The maximum absolute atomic E-state index is 14.2. The van der Waals surface area contributed by atoms with Crippen LogP contribution in [0.15, 0.2) is 24.8 Å². The smallest absolute Gasteiger partial charge is 0.306 e. The topological polar surface area (TPSA) is 79.4 Å². The minimum atomic E-state index is -1.12. The van der Waals surface area contributed by atoms with Crippen molar-refractivity contribution in [1.82, 2.24) is 4.98 Å². The molecule has 126 valence electrons. The largest absolute Gasteiger partial charge is 0.481 e. The van der Waals surface area contributed by atoms with Gasteiger partial charge in [0.15, 0.2) is 5.78 Å². The van der Waals surface area contributed by atoms with E-state index in [0.717, 1.165) is 0 Å². The van der Waals surface area contributed by atoms with Crippen molar-refractivity contribution in [2.24, 2.45) is 0 Å². The SMILES string of the molecule is C=CCc1c(F)ccc2c3c([nH]c12)C(CC)(CC(=O)O)OCC3=O.